The summed E-state index contributed by atoms with van der Waals surface area (Å²) in [5.74, 6) is -2.16. The summed E-state index contributed by atoms with van der Waals surface area (Å²) in [5.41, 5.74) is 1.53. The van der Waals surface area contributed by atoms with E-state index in [4.69, 9.17) is 4.74 Å². The predicted octanol–water partition coefficient (Wildman–Crippen LogP) is 7.34. The number of hydrogen-bond donors (Lipinski definition) is 3. The number of benzene rings is 1. The molecule has 3 heterocycles. The first kappa shape index (κ1) is 49.9. The summed E-state index contributed by atoms with van der Waals surface area (Å²) in [6, 6.07) is 8.27. The van der Waals surface area contributed by atoms with Crippen molar-refractivity contribution in [3.05, 3.63) is 75.6 Å². The van der Waals surface area contributed by atoms with Gasteiger partial charge < -0.3 is 25.6 Å². The number of pyridine rings is 1. The van der Waals surface area contributed by atoms with E-state index >= 15 is 0 Å². The van der Waals surface area contributed by atoms with Crippen LogP contribution in [-0.2, 0) is 30.3 Å². The van der Waals surface area contributed by atoms with Crippen LogP contribution in [-0.4, -0.2) is 106 Å². The summed E-state index contributed by atoms with van der Waals surface area (Å²) in [7, 11) is 5.05. The molecular formula is C46H64FN7O6S3. The zero-order valence-electron chi connectivity index (χ0n) is 37.6. The summed E-state index contributed by atoms with van der Waals surface area (Å²) < 4.78 is 20.4. The van der Waals surface area contributed by atoms with Crippen molar-refractivity contribution in [2.75, 3.05) is 32.4 Å². The molecule has 0 bridgehead atoms. The van der Waals surface area contributed by atoms with Gasteiger partial charge in [0.25, 0.3) is 5.91 Å². The molecular weight excluding hydrogens is 862 g/mol. The van der Waals surface area contributed by atoms with Crippen molar-refractivity contribution < 1.29 is 33.1 Å². The van der Waals surface area contributed by atoms with Crippen molar-refractivity contribution in [1.82, 2.24) is 35.7 Å². The maximum atomic E-state index is 14.7. The number of nitrogens with zero attached hydrogens (tertiary/aromatic N) is 4. The Balaban J connectivity index is 1.28. The van der Waals surface area contributed by atoms with E-state index in [1.54, 1.807) is 28.4 Å². The normalized spacial score (nSPS) is 19.5. The molecule has 63 heavy (non-hydrogen) atoms. The second-order valence-corrected chi connectivity index (χ2v) is 20.3. The van der Waals surface area contributed by atoms with Crippen LogP contribution in [0.4, 0.5) is 4.39 Å². The molecule has 0 radical (unpaired) electrons. The van der Waals surface area contributed by atoms with Crippen LogP contribution in [0, 0.1) is 17.7 Å². The van der Waals surface area contributed by atoms with Crippen molar-refractivity contribution in [3.8, 4) is 0 Å². The lowest BCUT2D eigenvalue weighted by atomic mass is 9.79. The van der Waals surface area contributed by atoms with Gasteiger partial charge in [0.15, 0.2) is 6.10 Å². The van der Waals surface area contributed by atoms with E-state index < -0.39 is 47.8 Å². The predicted molar refractivity (Wildman–Crippen MR) is 248 cm³/mol. The van der Waals surface area contributed by atoms with Crippen LogP contribution in [0.5, 0.6) is 0 Å². The molecule has 1 fully saturated rings. The van der Waals surface area contributed by atoms with Crippen LogP contribution in [0.25, 0.3) is 0 Å². The minimum atomic E-state index is -0.855. The largest absolute Gasteiger partial charge is 0.455 e. The fourth-order valence-corrected chi connectivity index (χ4v) is 11.0. The van der Waals surface area contributed by atoms with Gasteiger partial charge in [-0.1, -0.05) is 70.4 Å². The van der Waals surface area contributed by atoms with Crippen molar-refractivity contribution in [2.24, 2.45) is 11.8 Å². The molecule has 2 aliphatic rings. The van der Waals surface area contributed by atoms with E-state index in [0.29, 0.717) is 48.7 Å². The van der Waals surface area contributed by atoms with Crippen LogP contribution in [0.1, 0.15) is 125 Å². The average Bonchev–Trinajstić information content (AvgIpc) is 3.76. The molecule has 4 amide bonds. The van der Waals surface area contributed by atoms with Crippen LogP contribution >= 0.6 is 32.9 Å². The third-order valence-corrected chi connectivity index (χ3v) is 15.2. The second-order valence-electron chi connectivity index (χ2n) is 17.0. The number of carbonyl (C=O) groups excluding carboxylic acids is 5. The summed E-state index contributed by atoms with van der Waals surface area (Å²) in [4.78, 5) is 81.2. The Labute approximate surface area is 383 Å². The lowest BCUT2D eigenvalue weighted by Crippen LogP contribution is -2.58. The van der Waals surface area contributed by atoms with E-state index in [-0.39, 0.29) is 54.1 Å². The number of aromatic nitrogens is 2. The zero-order valence-corrected chi connectivity index (χ0v) is 40.0. The number of hydrogen-bond acceptors (Lipinski definition) is 12. The highest BCUT2D eigenvalue weighted by atomic mass is 33.1. The highest BCUT2D eigenvalue weighted by molar-refractivity contribution is 8.76. The lowest BCUT2D eigenvalue weighted by Gasteiger charge is -2.40. The van der Waals surface area contributed by atoms with Gasteiger partial charge in [-0.15, -0.1) is 11.3 Å². The number of carbonyl (C=O) groups is 5. The smallest absolute Gasteiger partial charge is 0.303 e. The number of esters is 1. The number of rotatable bonds is 21. The fourth-order valence-electron chi connectivity index (χ4n) is 8.41. The molecule has 3 N–H and O–H groups in total. The minimum absolute atomic E-state index is 0.0592. The molecule has 7 unspecified atom stereocenters. The first-order chi connectivity index (χ1) is 30.2. The van der Waals surface area contributed by atoms with Gasteiger partial charge in [-0.3, -0.25) is 28.9 Å². The molecule has 1 saturated heterocycles. The van der Waals surface area contributed by atoms with Crippen LogP contribution in [0.3, 0.4) is 0 Å². The van der Waals surface area contributed by atoms with Gasteiger partial charge in [-0.05, 0) is 104 Å². The standard InChI is InChI=1S/C46H64FN7O6S3/c1-8-20-54(46(59)41(29(5)9-2)52-44(58)37-14-11-13-21-53(37)7)38(28(3)4)26-39(60-30(6)55)45-51-36(27-61-45)43(57)50-33-23-31-16-17-32(47)24-34(31)35(25-33)42(56)49-19-22-62-63-40-15-10-12-18-48-40/h10,12,15-18,24,27-29,33,35,37-39,41H,8-9,11,13-14,19-23,25-26H2,1-7H3,(H,49,56)(H,50,57)(H,52,58). The number of likely N-dealkylation sites (tertiary alicyclic amines) is 1. The molecule has 17 heteroatoms. The maximum absolute atomic E-state index is 14.7. The van der Waals surface area contributed by atoms with E-state index in [0.717, 1.165) is 36.4 Å². The molecule has 1 aromatic carbocycles. The Morgan fingerprint density at radius 1 is 1.08 bits per heavy atom. The van der Waals surface area contributed by atoms with Gasteiger partial charge in [-0.25, -0.2) is 14.4 Å². The fraction of sp³-hybridized carbons (Fsp3) is 0.587. The van der Waals surface area contributed by atoms with E-state index in [2.05, 4.69) is 30.8 Å². The maximum Gasteiger partial charge on any atom is 0.303 e. The SMILES string of the molecule is CCCN(C(=O)C(NC(=O)C1CCCCN1C)C(C)CC)C(CC(OC(C)=O)c1nc(C(=O)NC2Cc3ccc(F)cc3C(C(=O)NCCSSc3ccccn3)C2)cs1)C(C)C. The van der Waals surface area contributed by atoms with Crippen LogP contribution in [0.2, 0.25) is 0 Å². The second kappa shape index (κ2) is 24.3. The quantitative estimate of drug-likeness (QED) is 0.0557. The molecule has 5 rings (SSSR count). The Hall–Kier alpha value is -4.06. The van der Waals surface area contributed by atoms with E-state index in [1.165, 1.54) is 41.2 Å². The highest BCUT2D eigenvalue weighted by Gasteiger charge is 2.39. The Bertz CT molecular complexity index is 2010. The average molecular weight is 926 g/mol. The van der Waals surface area contributed by atoms with Crippen molar-refractivity contribution in [2.45, 2.75) is 134 Å². The molecule has 0 saturated carbocycles. The van der Waals surface area contributed by atoms with Gasteiger partial charge in [0.05, 0.1) is 12.0 Å². The van der Waals surface area contributed by atoms with Crippen LogP contribution in [0.15, 0.2) is 53.0 Å². The topological polar surface area (TPSA) is 163 Å². The van der Waals surface area contributed by atoms with E-state index in [9.17, 15) is 28.4 Å². The number of nitrogens with one attached hydrogen (secondary N) is 3. The third-order valence-electron chi connectivity index (χ3n) is 11.9. The van der Waals surface area contributed by atoms with Gasteiger partial charge in [0.1, 0.15) is 27.6 Å². The van der Waals surface area contributed by atoms with Crippen molar-refractivity contribution in [3.63, 3.8) is 0 Å². The number of ether oxygens (including phenoxy) is 1. The lowest BCUT2D eigenvalue weighted by molar-refractivity contribution is -0.149. The van der Waals surface area contributed by atoms with Gasteiger partial charge in [0, 0.05) is 55.8 Å². The molecule has 13 nitrogen and oxygen atoms in total. The first-order valence-corrected chi connectivity index (χ1v) is 25.4. The van der Waals surface area contributed by atoms with Crippen molar-refractivity contribution in [1.29, 1.82) is 0 Å². The summed E-state index contributed by atoms with van der Waals surface area (Å²) in [5, 5.41) is 12.1. The number of piperidine rings is 1. The monoisotopic (exact) mass is 925 g/mol. The van der Waals surface area contributed by atoms with Gasteiger partial charge >= 0.3 is 5.97 Å². The van der Waals surface area contributed by atoms with Gasteiger partial charge in [-0.2, -0.15) is 0 Å². The number of amides is 4. The molecule has 0 spiro atoms. The highest BCUT2D eigenvalue weighted by Crippen LogP contribution is 2.35. The Morgan fingerprint density at radius 2 is 1.87 bits per heavy atom. The van der Waals surface area contributed by atoms with Gasteiger partial charge in [0.2, 0.25) is 17.7 Å². The third kappa shape index (κ3) is 14.0. The number of fused-ring (bicyclic) bond motifs is 1. The minimum Gasteiger partial charge on any atom is -0.455 e. The molecule has 2 aromatic heterocycles. The molecule has 7 atom stereocenters. The van der Waals surface area contributed by atoms with Crippen molar-refractivity contribution >= 4 is 62.5 Å². The number of halogens is 1. The summed E-state index contributed by atoms with van der Waals surface area (Å²) >= 11 is 1.20. The molecule has 344 valence electrons. The molecule has 3 aromatic rings. The summed E-state index contributed by atoms with van der Waals surface area (Å²) in [6.07, 6.45) is 5.89. The van der Waals surface area contributed by atoms with Crippen LogP contribution < -0.4 is 16.0 Å². The zero-order chi connectivity index (χ0) is 45.6. The van der Waals surface area contributed by atoms with E-state index in [1.807, 2.05) is 64.8 Å². The number of likely N-dealkylation sites (N-methyl/N-ethyl adjacent to an activating group) is 1. The number of thiazole rings is 1. The Morgan fingerprint density at radius 3 is 2.56 bits per heavy atom. The Kier molecular flexibility index (Phi) is 19.3. The first-order valence-electron chi connectivity index (χ1n) is 22.2. The molecule has 1 aliphatic heterocycles. The molecule has 1 aliphatic carbocycles. The summed E-state index contributed by atoms with van der Waals surface area (Å²) in [6.45, 7) is 13.0.